The van der Waals surface area contributed by atoms with Gasteiger partial charge in [0.05, 0.1) is 6.42 Å². The quantitative estimate of drug-likeness (QED) is 0.291. The second-order valence-electron chi connectivity index (χ2n) is 7.41. The van der Waals surface area contributed by atoms with E-state index in [2.05, 4.69) is 25.6 Å². The lowest BCUT2D eigenvalue weighted by molar-refractivity contribution is -0.136. The number of nitrogens with zero attached hydrogens (tertiary/aromatic N) is 3. The summed E-state index contributed by atoms with van der Waals surface area (Å²) < 4.78 is 5.82. The van der Waals surface area contributed by atoms with E-state index in [0.29, 0.717) is 41.3 Å². The molecular formula is C25H22ClN5O3. The number of hydrogen-bond donors (Lipinski definition) is 3. The molecule has 172 valence electrons. The minimum atomic E-state index is -0.880. The van der Waals surface area contributed by atoms with Gasteiger partial charge in [0.1, 0.15) is 6.61 Å². The van der Waals surface area contributed by atoms with Gasteiger partial charge in [-0.1, -0.05) is 66.2 Å². The molecule has 0 aliphatic rings. The Balaban J connectivity index is 1.51. The first-order chi connectivity index (χ1) is 16.5. The SMILES string of the molecule is O=C(O)Cc1ccc(Nc2nc(NCc3ccc(Cl)cc3)nc(OCc3ccccc3)n2)cc1. The summed E-state index contributed by atoms with van der Waals surface area (Å²) in [4.78, 5) is 24.1. The van der Waals surface area contributed by atoms with Crippen LogP contribution < -0.4 is 15.4 Å². The van der Waals surface area contributed by atoms with E-state index in [1.807, 2.05) is 54.6 Å². The fraction of sp³-hybridized carbons (Fsp3) is 0.120. The molecule has 0 saturated heterocycles. The lowest BCUT2D eigenvalue weighted by Gasteiger charge is -2.11. The van der Waals surface area contributed by atoms with E-state index in [4.69, 9.17) is 21.4 Å². The number of hydrogen-bond acceptors (Lipinski definition) is 7. The Hall–Kier alpha value is -4.17. The molecule has 3 N–H and O–H groups in total. The standard InChI is InChI=1S/C25H22ClN5O3/c26-20-10-6-18(7-11-20)15-27-23-29-24(28-21-12-8-17(9-13-21)14-22(32)33)31-25(30-23)34-16-19-4-2-1-3-5-19/h1-13H,14-16H2,(H,32,33)(H2,27,28,29,30,31). The summed E-state index contributed by atoms with van der Waals surface area (Å²) >= 11 is 5.96. The number of nitrogens with one attached hydrogen (secondary N) is 2. The molecule has 0 saturated carbocycles. The molecule has 0 radical (unpaired) electrons. The molecule has 1 aromatic heterocycles. The van der Waals surface area contributed by atoms with Crippen molar-refractivity contribution in [3.05, 3.63) is 101 Å². The van der Waals surface area contributed by atoms with E-state index < -0.39 is 5.97 Å². The van der Waals surface area contributed by atoms with Gasteiger partial charge in [-0.05, 0) is 41.0 Å². The monoisotopic (exact) mass is 475 g/mol. The first kappa shape index (κ1) is 23.0. The first-order valence-electron chi connectivity index (χ1n) is 10.5. The van der Waals surface area contributed by atoms with Crippen molar-refractivity contribution in [2.45, 2.75) is 19.6 Å². The van der Waals surface area contributed by atoms with Crippen molar-refractivity contribution in [2.75, 3.05) is 10.6 Å². The van der Waals surface area contributed by atoms with Crippen molar-refractivity contribution in [2.24, 2.45) is 0 Å². The number of aromatic nitrogens is 3. The summed E-state index contributed by atoms with van der Waals surface area (Å²) in [6, 6.07) is 24.4. The third kappa shape index (κ3) is 6.91. The van der Waals surface area contributed by atoms with Crippen LogP contribution in [0.4, 0.5) is 17.6 Å². The van der Waals surface area contributed by atoms with E-state index in [1.165, 1.54) is 0 Å². The molecule has 0 aliphatic heterocycles. The minimum Gasteiger partial charge on any atom is -0.481 e. The summed E-state index contributed by atoms with van der Waals surface area (Å²) in [7, 11) is 0. The molecule has 4 rings (SSSR count). The molecule has 0 atom stereocenters. The zero-order valence-corrected chi connectivity index (χ0v) is 18.9. The van der Waals surface area contributed by atoms with Crippen LogP contribution in [-0.2, 0) is 24.4 Å². The van der Waals surface area contributed by atoms with Gasteiger partial charge in [-0.25, -0.2) is 0 Å². The Morgan fingerprint density at radius 1 is 0.824 bits per heavy atom. The maximum Gasteiger partial charge on any atom is 0.323 e. The lowest BCUT2D eigenvalue weighted by Crippen LogP contribution is -2.09. The average Bonchev–Trinajstić information content (AvgIpc) is 2.84. The van der Waals surface area contributed by atoms with Crippen molar-refractivity contribution in [1.29, 1.82) is 0 Å². The molecule has 0 fully saturated rings. The van der Waals surface area contributed by atoms with Crippen LogP contribution in [0.15, 0.2) is 78.9 Å². The third-order valence-electron chi connectivity index (χ3n) is 4.75. The van der Waals surface area contributed by atoms with Gasteiger partial charge in [-0.3, -0.25) is 4.79 Å². The van der Waals surface area contributed by atoms with E-state index in [0.717, 1.165) is 11.1 Å². The van der Waals surface area contributed by atoms with Gasteiger partial charge in [0.25, 0.3) is 0 Å². The second kappa shape index (κ2) is 11.1. The van der Waals surface area contributed by atoms with Gasteiger partial charge in [-0.15, -0.1) is 0 Å². The molecule has 0 spiro atoms. The molecule has 9 heteroatoms. The summed E-state index contributed by atoms with van der Waals surface area (Å²) in [5.41, 5.74) is 3.41. The van der Waals surface area contributed by atoms with Gasteiger partial charge >= 0.3 is 12.0 Å². The van der Waals surface area contributed by atoms with E-state index in [9.17, 15) is 4.79 Å². The molecule has 4 aromatic rings. The number of halogens is 1. The smallest absolute Gasteiger partial charge is 0.323 e. The Kier molecular flexibility index (Phi) is 7.52. The van der Waals surface area contributed by atoms with Crippen LogP contribution in [0.3, 0.4) is 0 Å². The molecule has 0 bridgehead atoms. The summed E-state index contributed by atoms with van der Waals surface area (Å²) in [6.45, 7) is 0.799. The van der Waals surface area contributed by atoms with Gasteiger partial charge in [0, 0.05) is 17.3 Å². The van der Waals surface area contributed by atoms with E-state index in [1.54, 1.807) is 24.3 Å². The van der Waals surface area contributed by atoms with Gasteiger partial charge in [-0.2, -0.15) is 15.0 Å². The highest BCUT2D eigenvalue weighted by Crippen LogP contribution is 2.19. The number of carboxylic acid groups (broad SMARTS) is 1. The Bertz CT molecular complexity index is 1240. The van der Waals surface area contributed by atoms with Crippen LogP contribution in [0.1, 0.15) is 16.7 Å². The van der Waals surface area contributed by atoms with Crippen molar-refractivity contribution >= 4 is 35.2 Å². The second-order valence-corrected chi connectivity index (χ2v) is 7.85. The number of ether oxygens (including phenoxy) is 1. The fourth-order valence-corrected chi connectivity index (χ4v) is 3.20. The normalized spacial score (nSPS) is 10.5. The highest BCUT2D eigenvalue weighted by atomic mass is 35.5. The van der Waals surface area contributed by atoms with Gasteiger partial charge in [0.2, 0.25) is 11.9 Å². The van der Waals surface area contributed by atoms with Crippen LogP contribution in [0.5, 0.6) is 6.01 Å². The van der Waals surface area contributed by atoms with Crippen LogP contribution in [-0.4, -0.2) is 26.0 Å². The molecular weight excluding hydrogens is 454 g/mol. The number of anilines is 3. The first-order valence-corrected chi connectivity index (χ1v) is 10.9. The molecule has 1 heterocycles. The van der Waals surface area contributed by atoms with Crippen molar-refractivity contribution < 1.29 is 14.6 Å². The molecule has 34 heavy (non-hydrogen) atoms. The van der Waals surface area contributed by atoms with Crippen LogP contribution >= 0.6 is 11.6 Å². The fourth-order valence-electron chi connectivity index (χ4n) is 3.07. The molecule has 0 aliphatic carbocycles. The Morgan fingerprint density at radius 3 is 2.21 bits per heavy atom. The van der Waals surface area contributed by atoms with Crippen LogP contribution in [0.25, 0.3) is 0 Å². The molecule has 8 nitrogen and oxygen atoms in total. The molecule has 3 aromatic carbocycles. The van der Waals surface area contributed by atoms with Crippen molar-refractivity contribution in [3.63, 3.8) is 0 Å². The molecule has 0 unspecified atom stereocenters. The van der Waals surface area contributed by atoms with Gasteiger partial charge < -0.3 is 20.5 Å². The molecule has 0 amide bonds. The third-order valence-corrected chi connectivity index (χ3v) is 5.01. The Labute approximate surface area is 201 Å². The van der Waals surface area contributed by atoms with E-state index in [-0.39, 0.29) is 12.4 Å². The Morgan fingerprint density at radius 2 is 1.50 bits per heavy atom. The maximum absolute atomic E-state index is 10.9. The van der Waals surface area contributed by atoms with Gasteiger partial charge in [0.15, 0.2) is 0 Å². The van der Waals surface area contributed by atoms with Crippen molar-refractivity contribution in [3.8, 4) is 6.01 Å². The highest BCUT2D eigenvalue weighted by molar-refractivity contribution is 6.30. The highest BCUT2D eigenvalue weighted by Gasteiger charge is 2.10. The number of carboxylic acids is 1. The summed E-state index contributed by atoms with van der Waals surface area (Å²) in [6.07, 6.45) is -0.0394. The predicted octanol–water partition coefficient (Wildman–Crippen LogP) is 5.09. The number of benzene rings is 3. The number of rotatable bonds is 10. The lowest BCUT2D eigenvalue weighted by atomic mass is 10.1. The zero-order chi connectivity index (χ0) is 23.8. The summed E-state index contributed by atoms with van der Waals surface area (Å²) in [5, 5.41) is 15.9. The maximum atomic E-state index is 10.9. The minimum absolute atomic E-state index is 0.0394. The predicted molar refractivity (Wildman–Crippen MR) is 130 cm³/mol. The van der Waals surface area contributed by atoms with Crippen LogP contribution in [0.2, 0.25) is 5.02 Å². The number of carbonyl (C=O) groups is 1. The average molecular weight is 476 g/mol. The number of aliphatic carboxylic acids is 1. The zero-order valence-electron chi connectivity index (χ0n) is 18.1. The largest absolute Gasteiger partial charge is 0.481 e. The topological polar surface area (TPSA) is 109 Å². The van der Waals surface area contributed by atoms with E-state index >= 15 is 0 Å². The summed E-state index contributed by atoms with van der Waals surface area (Å²) in [5.74, 6) is -0.240. The van der Waals surface area contributed by atoms with Crippen molar-refractivity contribution in [1.82, 2.24) is 15.0 Å². The van der Waals surface area contributed by atoms with Crippen LogP contribution in [0, 0.1) is 0 Å².